The van der Waals surface area contributed by atoms with Crippen LogP contribution in [0.15, 0.2) is 56.4 Å². The van der Waals surface area contributed by atoms with Gasteiger partial charge in [-0.1, -0.05) is 34.1 Å². The Morgan fingerprint density at radius 3 is 3.05 bits per heavy atom. The molecular weight excluding hydrogens is 346 g/mol. The summed E-state index contributed by atoms with van der Waals surface area (Å²) in [6, 6.07) is 7.16. The van der Waals surface area contributed by atoms with Crippen LogP contribution in [0.25, 0.3) is 10.9 Å². The fourth-order valence-electron chi connectivity index (χ4n) is 2.29. The number of fused-ring (bicyclic) bond motifs is 1. The summed E-state index contributed by atoms with van der Waals surface area (Å²) in [6.07, 6.45) is 5.07. The zero-order valence-electron chi connectivity index (χ0n) is 11.9. The zero-order valence-corrected chi connectivity index (χ0v) is 13.5. The van der Waals surface area contributed by atoms with Gasteiger partial charge in [-0.15, -0.1) is 0 Å². The molecule has 1 aromatic heterocycles. The van der Waals surface area contributed by atoms with Crippen LogP contribution in [0.3, 0.4) is 0 Å². The van der Waals surface area contributed by atoms with Crippen LogP contribution in [0, 0.1) is 6.92 Å². The van der Waals surface area contributed by atoms with Crippen molar-refractivity contribution in [2.24, 2.45) is 5.10 Å². The molecule has 0 amide bonds. The van der Waals surface area contributed by atoms with Crippen LogP contribution in [0.2, 0.25) is 0 Å². The molecule has 1 N–H and O–H groups in total. The first-order valence-electron chi connectivity index (χ1n) is 6.84. The maximum atomic E-state index is 12.5. The van der Waals surface area contributed by atoms with Crippen LogP contribution in [-0.4, -0.2) is 27.1 Å². The molecule has 1 unspecified atom stereocenters. The number of halogens is 1. The highest BCUT2D eigenvalue weighted by Crippen LogP contribution is 2.20. The molecular formula is C16H14BrN3O2. The van der Waals surface area contributed by atoms with Gasteiger partial charge < -0.3 is 5.11 Å². The number of aromatic nitrogens is 2. The topological polar surface area (TPSA) is 67.5 Å². The predicted octanol–water partition coefficient (Wildman–Crippen LogP) is 2.51. The van der Waals surface area contributed by atoms with Crippen molar-refractivity contribution in [2.45, 2.75) is 19.4 Å². The Hall–Kier alpha value is -2.05. The number of benzene rings is 1. The first kappa shape index (κ1) is 14.9. The molecule has 5 nitrogen and oxygen atoms in total. The lowest BCUT2D eigenvalue weighted by atomic mass is 10.0. The van der Waals surface area contributed by atoms with Gasteiger partial charge in [0.05, 0.1) is 23.2 Å². The van der Waals surface area contributed by atoms with Crippen molar-refractivity contribution >= 4 is 33.0 Å². The van der Waals surface area contributed by atoms with Crippen LogP contribution in [-0.2, 0) is 0 Å². The fourth-order valence-corrected chi connectivity index (χ4v) is 2.74. The summed E-state index contributed by atoms with van der Waals surface area (Å²) in [5.74, 6) is 0.500. The highest BCUT2D eigenvalue weighted by molar-refractivity contribution is 9.11. The van der Waals surface area contributed by atoms with E-state index in [-0.39, 0.29) is 5.56 Å². The molecule has 6 heteroatoms. The SMILES string of the molecule is Cc1nc2ccccc2c(=O)n1/N=C/C1=CC(Br)=CCC1O. The van der Waals surface area contributed by atoms with Crippen molar-refractivity contribution in [2.75, 3.05) is 0 Å². The summed E-state index contributed by atoms with van der Waals surface area (Å²) in [5, 5.41) is 14.7. The van der Waals surface area contributed by atoms with Gasteiger partial charge in [-0.05, 0) is 31.6 Å². The zero-order chi connectivity index (χ0) is 15.7. The number of hydrogen-bond acceptors (Lipinski definition) is 4. The Morgan fingerprint density at radius 2 is 2.23 bits per heavy atom. The molecule has 0 saturated heterocycles. The highest BCUT2D eigenvalue weighted by atomic mass is 79.9. The van der Waals surface area contributed by atoms with E-state index in [1.165, 1.54) is 10.9 Å². The molecule has 1 atom stereocenters. The average molecular weight is 360 g/mol. The van der Waals surface area contributed by atoms with E-state index in [4.69, 9.17) is 0 Å². The minimum Gasteiger partial charge on any atom is -0.388 e. The van der Waals surface area contributed by atoms with Crippen molar-refractivity contribution < 1.29 is 5.11 Å². The first-order chi connectivity index (χ1) is 10.6. The Kier molecular flexibility index (Phi) is 4.04. The molecule has 1 aromatic carbocycles. The lowest BCUT2D eigenvalue weighted by Crippen LogP contribution is -2.21. The minimum absolute atomic E-state index is 0.222. The van der Waals surface area contributed by atoms with Crippen molar-refractivity contribution in [3.63, 3.8) is 0 Å². The molecule has 2 aromatic rings. The van der Waals surface area contributed by atoms with Gasteiger partial charge >= 0.3 is 0 Å². The van der Waals surface area contributed by atoms with Gasteiger partial charge in [0.25, 0.3) is 5.56 Å². The second kappa shape index (κ2) is 5.98. The van der Waals surface area contributed by atoms with Crippen LogP contribution in [0.5, 0.6) is 0 Å². The van der Waals surface area contributed by atoms with Gasteiger partial charge in [-0.2, -0.15) is 9.78 Å². The summed E-state index contributed by atoms with van der Waals surface area (Å²) in [5.41, 5.74) is 1.08. The second-order valence-electron chi connectivity index (χ2n) is 5.02. The van der Waals surface area contributed by atoms with Gasteiger partial charge in [0.1, 0.15) is 5.82 Å². The van der Waals surface area contributed by atoms with Gasteiger partial charge in [0, 0.05) is 10.1 Å². The summed E-state index contributed by atoms with van der Waals surface area (Å²) >= 11 is 3.37. The third kappa shape index (κ3) is 2.80. The Bertz CT molecular complexity index is 881. The van der Waals surface area contributed by atoms with Crippen LogP contribution >= 0.6 is 15.9 Å². The first-order valence-corrected chi connectivity index (χ1v) is 7.63. The summed E-state index contributed by atoms with van der Waals surface area (Å²) < 4.78 is 2.14. The molecule has 1 heterocycles. The summed E-state index contributed by atoms with van der Waals surface area (Å²) in [7, 11) is 0. The second-order valence-corrected chi connectivity index (χ2v) is 5.94. The van der Waals surface area contributed by atoms with E-state index in [1.807, 2.05) is 12.1 Å². The fraction of sp³-hybridized carbons (Fsp3) is 0.188. The average Bonchev–Trinajstić information content (AvgIpc) is 2.50. The van der Waals surface area contributed by atoms with Gasteiger partial charge in [-0.25, -0.2) is 4.98 Å². The van der Waals surface area contributed by atoms with Gasteiger partial charge in [-0.3, -0.25) is 4.79 Å². The molecule has 0 saturated carbocycles. The van der Waals surface area contributed by atoms with Gasteiger partial charge in [0.15, 0.2) is 0 Å². The third-order valence-corrected chi connectivity index (χ3v) is 4.02. The Morgan fingerprint density at radius 1 is 1.45 bits per heavy atom. The summed E-state index contributed by atoms with van der Waals surface area (Å²) in [4.78, 5) is 16.9. The number of allylic oxidation sites excluding steroid dienone is 2. The van der Waals surface area contributed by atoms with Gasteiger partial charge in [0.2, 0.25) is 0 Å². The lowest BCUT2D eigenvalue weighted by Gasteiger charge is -2.14. The molecule has 22 heavy (non-hydrogen) atoms. The molecule has 1 aliphatic rings. The van der Waals surface area contributed by atoms with Crippen LogP contribution < -0.4 is 5.56 Å². The van der Waals surface area contributed by atoms with Crippen molar-refractivity contribution in [3.8, 4) is 0 Å². The molecule has 0 bridgehead atoms. The maximum Gasteiger partial charge on any atom is 0.282 e. The Labute approximate surface area is 135 Å². The number of aliphatic hydroxyl groups is 1. The molecule has 0 spiro atoms. The molecule has 0 radical (unpaired) electrons. The largest absolute Gasteiger partial charge is 0.388 e. The van der Waals surface area contributed by atoms with E-state index in [9.17, 15) is 9.90 Å². The number of aryl methyl sites for hydroxylation is 1. The van der Waals surface area contributed by atoms with Crippen molar-refractivity contribution in [1.29, 1.82) is 0 Å². The number of nitrogens with zero attached hydrogens (tertiary/aromatic N) is 3. The van der Waals surface area contributed by atoms with E-state index in [0.29, 0.717) is 28.7 Å². The molecule has 3 rings (SSSR count). The molecule has 0 fully saturated rings. The standard InChI is InChI=1S/C16H14BrN3O2/c1-10-19-14-5-3-2-4-13(14)16(22)20(10)18-9-11-8-12(17)6-7-15(11)21/h2-6,8-9,15,21H,7H2,1H3/b18-9+. The van der Waals surface area contributed by atoms with Crippen LogP contribution in [0.1, 0.15) is 12.2 Å². The normalized spacial score (nSPS) is 18.6. The van der Waals surface area contributed by atoms with E-state index >= 15 is 0 Å². The predicted molar refractivity (Wildman–Crippen MR) is 90.3 cm³/mol. The number of hydrogen-bond donors (Lipinski definition) is 1. The highest BCUT2D eigenvalue weighted by Gasteiger charge is 2.13. The van der Waals surface area contributed by atoms with E-state index in [1.54, 1.807) is 31.2 Å². The molecule has 1 aliphatic carbocycles. The quantitative estimate of drug-likeness (QED) is 0.837. The smallest absolute Gasteiger partial charge is 0.282 e. The third-order valence-electron chi connectivity index (χ3n) is 3.46. The van der Waals surface area contributed by atoms with E-state index < -0.39 is 6.10 Å². The maximum absolute atomic E-state index is 12.5. The minimum atomic E-state index is -0.616. The van der Waals surface area contributed by atoms with E-state index in [0.717, 1.165) is 4.48 Å². The number of para-hydroxylation sites is 1. The van der Waals surface area contributed by atoms with Crippen molar-refractivity contribution in [3.05, 3.63) is 62.7 Å². The monoisotopic (exact) mass is 359 g/mol. The number of aliphatic hydroxyl groups excluding tert-OH is 1. The van der Waals surface area contributed by atoms with Crippen LogP contribution in [0.4, 0.5) is 0 Å². The Balaban J connectivity index is 2.06. The summed E-state index contributed by atoms with van der Waals surface area (Å²) in [6.45, 7) is 1.73. The van der Waals surface area contributed by atoms with Crippen molar-refractivity contribution in [1.82, 2.24) is 9.66 Å². The number of rotatable bonds is 2. The molecule has 112 valence electrons. The van der Waals surface area contributed by atoms with E-state index in [2.05, 4.69) is 26.0 Å². The molecule has 0 aliphatic heterocycles. The lowest BCUT2D eigenvalue weighted by molar-refractivity contribution is 0.219.